The Morgan fingerprint density at radius 1 is 1.12 bits per heavy atom. The van der Waals surface area contributed by atoms with Gasteiger partial charge in [-0.1, -0.05) is 23.7 Å². The molecule has 2 rings (SSSR count). The molecule has 2 amide bonds. The van der Waals surface area contributed by atoms with Crippen molar-refractivity contribution in [3.63, 3.8) is 0 Å². The molecule has 7 nitrogen and oxygen atoms in total. The summed E-state index contributed by atoms with van der Waals surface area (Å²) in [6.07, 6.45) is -7.53. The van der Waals surface area contributed by atoms with Crippen molar-refractivity contribution in [2.45, 2.75) is 31.5 Å². The number of alkyl halides is 3. The summed E-state index contributed by atoms with van der Waals surface area (Å²) < 4.78 is 65.0. The molecule has 186 valence electrons. The lowest BCUT2D eigenvalue weighted by atomic mass is 9.93. The number of anilines is 2. The zero-order chi connectivity index (χ0) is 25.5. The first-order valence-electron chi connectivity index (χ1n) is 10.0. The Bertz CT molecular complexity index is 1020. The molecule has 2 aromatic rings. The Kier molecular flexibility index (Phi) is 9.66. The molecular formula is C22H23ClF4N2O5. The lowest BCUT2D eigenvalue weighted by molar-refractivity contribution is -0.222. The van der Waals surface area contributed by atoms with Crippen LogP contribution in [0.4, 0.5) is 33.7 Å². The van der Waals surface area contributed by atoms with Crippen molar-refractivity contribution in [2.75, 3.05) is 31.0 Å². The number of aliphatic carboxylic acids is 1. The van der Waals surface area contributed by atoms with E-state index in [2.05, 4.69) is 10.6 Å². The second-order valence-electron chi connectivity index (χ2n) is 7.18. The molecule has 0 radical (unpaired) electrons. The minimum atomic E-state index is -4.81. The van der Waals surface area contributed by atoms with E-state index in [-0.39, 0.29) is 36.0 Å². The van der Waals surface area contributed by atoms with Crippen molar-refractivity contribution in [1.82, 2.24) is 0 Å². The first-order chi connectivity index (χ1) is 16.0. The van der Waals surface area contributed by atoms with Gasteiger partial charge < -0.3 is 25.2 Å². The van der Waals surface area contributed by atoms with Crippen molar-refractivity contribution in [1.29, 1.82) is 0 Å². The zero-order valence-corrected chi connectivity index (χ0v) is 19.0. The predicted octanol–water partition coefficient (Wildman–Crippen LogP) is 5.97. The molecule has 0 heterocycles. The van der Waals surface area contributed by atoms with Crippen LogP contribution in [0.3, 0.4) is 0 Å². The summed E-state index contributed by atoms with van der Waals surface area (Å²) in [5, 5.41) is 13.7. The number of carbonyl (C=O) groups is 2. The molecule has 2 aromatic carbocycles. The van der Waals surface area contributed by atoms with E-state index >= 15 is 0 Å². The number of halogens is 5. The average Bonchev–Trinajstić information content (AvgIpc) is 2.73. The van der Waals surface area contributed by atoms with Gasteiger partial charge in [0.1, 0.15) is 5.82 Å². The molecule has 12 heteroatoms. The monoisotopic (exact) mass is 506 g/mol. The molecule has 0 aromatic heterocycles. The van der Waals surface area contributed by atoms with E-state index in [1.54, 1.807) is 0 Å². The number of urea groups is 1. The van der Waals surface area contributed by atoms with Gasteiger partial charge in [-0.2, -0.15) is 13.2 Å². The van der Waals surface area contributed by atoms with Crippen LogP contribution in [-0.4, -0.2) is 43.6 Å². The van der Waals surface area contributed by atoms with Gasteiger partial charge in [0.25, 0.3) is 0 Å². The number of hydrogen-bond donors (Lipinski definition) is 3. The van der Waals surface area contributed by atoms with E-state index in [4.69, 9.17) is 26.2 Å². The number of ether oxygens (including phenoxy) is 2. The number of nitrogens with one attached hydrogen (secondary N) is 2. The Morgan fingerprint density at radius 2 is 1.79 bits per heavy atom. The zero-order valence-electron chi connectivity index (χ0n) is 18.2. The van der Waals surface area contributed by atoms with Crippen LogP contribution >= 0.6 is 11.6 Å². The average molecular weight is 507 g/mol. The van der Waals surface area contributed by atoms with E-state index < -0.39 is 41.6 Å². The van der Waals surface area contributed by atoms with Crippen LogP contribution in [0.25, 0.3) is 0 Å². The maximum atomic E-state index is 14.0. The molecule has 3 N–H and O–H groups in total. The van der Waals surface area contributed by atoms with Gasteiger partial charge in [-0.15, -0.1) is 0 Å². The van der Waals surface area contributed by atoms with Crippen molar-refractivity contribution in [3.8, 4) is 0 Å². The molecular weight excluding hydrogens is 484 g/mol. The quantitative estimate of drug-likeness (QED) is 0.345. The molecule has 0 aliphatic heterocycles. The maximum absolute atomic E-state index is 14.0. The number of hydrogen-bond acceptors (Lipinski definition) is 4. The number of carboxylic acids is 1. The van der Waals surface area contributed by atoms with Crippen LogP contribution in [0, 0.1) is 5.82 Å². The summed E-state index contributed by atoms with van der Waals surface area (Å²) in [7, 11) is 1.35. The number of rotatable bonds is 10. The largest absolute Gasteiger partial charge is 0.481 e. The van der Waals surface area contributed by atoms with Crippen molar-refractivity contribution in [3.05, 3.63) is 58.4 Å². The Labute approximate surface area is 198 Å². The first kappa shape index (κ1) is 27.4. The minimum Gasteiger partial charge on any atom is -0.481 e. The van der Waals surface area contributed by atoms with Crippen LogP contribution < -0.4 is 10.6 Å². The summed E-state index contributed by atoms with van der Waals surface area (Å²) in [6, 6.07) is 6.08. The van der Waals surface area contributed by atoms with Gasteiger partial charge in [-0.05, 0) is 36.8 Å². The third-order valence-electron chi connectivity index (χ3n) is 4.68. The molecule has 0 saturated carbocycles. The van der Waals surface area contributed by atoms with Crippen LogP contribution in [0.2, 0.25) is 5.02 Å². The molecule has 0 bridgehead atoms. The summed E-state index contributed by atoms with van der Waals surface area (Å²) in [5.74, 6) is -2.69. The predicted molar refractivity (Wildman–Crippen MR) is 118 cm³/mol. The number of carbonyl (C=O) groups excluding carboxylic acids is 1. The Hall–Kier alpha value is -2.89. The summed E-state index contributed by atoms with van der Waals surface area (Å²) >= 11 is 5.68. The number of methoxy groups -OCH3 is 1. The van der Waals surface area contributed by atoms with Gasteiger partial charge in [0.05, 0.1) is 18.7 Å². The van der Waals surface area contributed by atoms with Gasteiger partial charge in [-0.3, -0.25) is 4.79 Å². The molecule has 34 heavy (non-hydrogen) atoms. The highest BCUT2D eigenvalue weighted by Crippen LogP contribution is 2.40. The third kappa shape index (κ3) is 7.57. The van der Waals surface area contributed by atoms with Crippen molar-refractivity contribution < 1.29 is 41.7 Å². The second kappa shape index (κ2) is 12.0. The van der Waals surface area contributed by atoms with Crippen LogP contribution in [0.5, 0.6) is 0 Å². The molecule has 2 atom stereocenters. The fourth-order valence-electron chi connectivity index (χ4n) is 3.24. The number of carboxylic acid groups (broad SMARTS) is 1. The highest BCUT2D eigenvalue weighted by atomic mass is 35.5. The molecule has 0 unspecified atom stereocenters. The van der Waals surface area contributed by atoms with Crippen LogP contribution in [0.1, 0.15) is 36.5 Å². The van der Waals surface area contributed by atoms with Gasteiger partial charge in [0.15, 0.2) is 6.10 Å². The smallest absolute Gasteiger partial charge is 0.418 e. The normalized spacial score (nSPS) is 13.3. The van der Waals surface area contributed by atoms with Gasteiger partial charge in [0.2, 0.25) is 0 Å². The number of benzene rings is 2. The molecule has 0 spiro atoms. The summed E-state index contributed by atoms with van der Waals surface area (Å²) in [5.41, 5.74) is -0.624. The van der Waals surface area contributed by atoms with Gasteiger partial charge in [0, 0.05) is 35.9 Å². The third-order valence-corrected chi connectivity index (χ3v) is 4.91. The minimum absolute atomic E-state index is 0.0264. The maximum Gasteiger partial charge on any atom is 0.418 e. The Morgan fingerprint density at radius 3 is 2.35 bits per heavy atom. The van der Waals surface area contributed by atoms with Crippen molar-refractivity contribution in [2.24, 2.45) is 0 Å². The summed E-state index contributed by atoms with van der Waals surface area (Å²) in [4.78, 5) is 23.7. The molecule has 0 saturated heterocycles. The fourth-order valence-corrected chi connectivity index (χ4v) is 3.40. The lowest BCUT2D eigenvalue weighted by Gasteiger charge is -2.25. The summed E-state index contributed by atoms with van der Waals surface area (Å²) in [6.45, 7) is 1.10. The molecule has 0 fully saturated rings. The molecule has 0 aliphatic carbocycles. The number of amides is 2. The van der Waals surface area contributed by atoms with Crippen LogP contribution in [-0.2, 0) is 14.3 Å². The Balaban J connectivity index is 2.47. The lowest BCUT2D eigenvalue weighted by Crippen LogP contribution is -2.27. The second-order valence-corrected chi connectivity index (χ2v) is 7.61. The van der Waals surface area contributed by atoms with Crippen LogP contribution in [0.15, 0.2) is 36.4 Å². The SMILES string of the molecule is CCO[C@H](c1ccc([C@@H](COC)CC(=O)O)cc1NC(=O)Nc1ccc(Cl)cc1F)C(F)(F)F. The van der Waals surface area contributed by atoms with E-state index in [9.17, 15) is 27.2 Å². The van der Waals surface area contributed by atoms with E-state index in [0.717, 1.165) is 12.1 Å². The van der Waals surface area contributed by atoms with Gasteiger partial charge >= 0.3 is 18.2 Å². The standard InChI is InChI=1S/C22H23ClF4N2O5/c1-3-34-20(22(25,26)27)15-6-4-12(13(11-33-2)9-19(30)31)8-18(15)29-21(32)28-17-7-5-14(23)10-16(17)24/h4-8,10,13,20H,3,9,11H2,1-2H3,(H,30,31)(H2,28,29,32)/t13-,20-/m1/s1. The fraction of sp³-hybridized carbons (Fsp3) is 0.364. The van der Waals surface area contributed by atoms with E-state index in [0.29, 0.717) is 5.56 Å². The highest BCUT2D eigenvalue weighted by Gasteiger charge is 2.43. The van der Waals surface area contributed by atoms with Crippen molar-refractivity contribution >= 4 is 35.0 Å². The topological polar surface area (TPSA) is 96.9 Å². The van der Waals surface area contributed by atoms with Gasteiger partial charge in [-0.25, -0.2) is 9.18 Å². The molecule has 0 aliphatic rings. The first-order valence-corrected chi connectivity index (χ1v) is 10.4. The van der Waals surface area contributed by atoms with E-state index in [1.807, 2.05) is 0 Å². The highest BCUT2D eigenvalue weighted by molar-refractivity contribution is 6.30. The van der Waals surface area contributed by atoms with E-state index in [1.165, 1.54) is 38.3 Å².